The molecule has 7 rings (SSSR count). The Balaban J connectivity index is 1.16. The molecule has 0 radical (unpaired) electrons. The third kappa shape index (κ3) is 5.80. The molecule has 0 saturated carbocycles. The summed E-state index contributed by atoms with van der Waals surface area (Å²) in [6, 6.07) is 50.2. The summed E-state index contributed by atoms with van der Waals surface area (Å²) in [5.74, 6) is 1.55. The topological polar surface area (TPSA) is 53.1 Å². The van der Waals surface area contributed by atoms with Gasteiger partial charge >= 0.3 is 0 Å². The SMILES string of the molecule is c1ccc(COc2ccc(CCc3ncoc3-c3cn(C(c4ccccc4)(c4ccccc4)c4ccccc4)cn3)cc2)cc1. The first-order valence-electron chi connectivity index (χ1n) is 15.2. The van der Waals surface area contributed by atoms with Crippen LogP contribution >= 0.6 is 0 Å². The molecule has 2 aromatic heterocycles. The summed E-state index contributed by atoms with van der Waals surface area (Å²) in [7, 11) is 0. The lowest BCUT2D eigenvalue weighted by Crippen LogP contribution is -2.36. The van der Waals surface area contributed by atoms with Crippen LogP contribution in [-0.2, 0) is 25.0 Å². The molecule has 220 valence electrons. The highest BCUT2D eigenvalue weighted by Crippen LogP contribution is 2.41. The molecule has 7 aromatic rings. The Morgan fingerprint density at radius 2 is 1.13 bits per heavy atom. The molecule has 0 amide bonds. The highest BCUT2D eigenvalue weighted by molar-refractivity contribution is 5.57. The molecule has 0 spiro atoms. The molecular formula is C40H33N3O2. The van der Waals surface area contributed by atoms with Crippen LogP contribution in [0.2, 0.25) is 0 Å². The van der Waals surface area contributed by atoms with Gasteiger partial charge in [-0.2, -0.15) is 0 Å². The van der Waals surface area contributed by atoms with Gasteiger partial charge in [-0.3, -0.25) is 0 Å². The van der Waals surface area contributed by atoms with Crippen molar-refractivity contribution < 1.29 is 9.15 Å². The lowest BCUT2D eigenvalue weighted by molar-refractivity contribution is 0.306. The van der Waals surface area contributed by atoms with Crippen LogP contribution in [-0.4, -0.2) is 14.5 Å². The first kappa shape index (κ1) is 28.1. The lowest BCUT2D eigenvalue weighted by Gasteiger charge is -2.37. The normalized spacial score (nSPS) is 11.4. The van der Waals surface area contributed by atoms with E-state index >= 15 is 0 Å². The predicted molar refractivity (Wildman–Crippen MR) is 177 cm³/mol. The van der Waals surface area contributed by atoms with E-state index in [1.807, 2.05) is 36.7 Å². The van der Waals surface area contributed by atoms with E-state index in [0.29, 0.717) is 12.4 Å². The maximum Gasteiger partial charge on any atom is 0.181 e. The van der Waals surface area contributed by atoms with Crippen LogP contribution in [0.25, 0.3) is 11.5 Å². The Kier molecular flexibility index (Phi) is 8.06. The average molecular weight is 588 g/mol. The average Bonchev–Trinajstić information content (AvgIpc) is 3.80. The minimum absolute atomic E-state index is 0.551. The van der Waals surface area contributed by atoms with Crippen molar-refractivity contribution in [3.8, 4) is 17.2 Å². The number of ether oxygens (including phenoxy) is 1. The van der Waals surface area contributed by atoms with Crippen molar-refractivity contribution in [2.45, 2.75) is 25.0 Å². The van der Waals surface area contributed by atoms with Crippen molar-refractivity contribution in [3.05, 3.63) is 198 Å². The number of imidazole rings is 1. The Morgan fingerprint density at radius 3 is 1.71 bits per heavy atom. The van der Waals surface area contributed by atoms with Crippen LogP contribution < -0.4 is 4.74 Å². The molecule has 45 heavy (non-hydrogen) atoms. The minimum Gasteiger partial charge on any atom is -0.489 e. The molecule has 0 bridgehead atoms. The van der Waals surface area contributed by atoms with Crippen LogP contribution in [0, 0.1) is 0 Å². The zero-order chi connectivity index (χ0) is 30.3. The molecule has 5 nitrogen and oxygen atoms in total. The quantitative estimate of drug-likeness (QED) is 0.142. The largest absolute Gasteiger partial charge is 0.489 e. The van der Waals surface area contributed by atoms with E-state index in [1.54, 1.807) is 0 Å². The van der Waals surface area contributed by atoms with Crippen LogP contribution in [0.5, 0.6) is 5.75 Å². The van der Waals surface area contributed by atoms with Crippen molar-refractivity contribution >= 4 is 0 Å². The second-order valence-corrected chi connectivity index (χ2v) is 11.0. The second kappa shape index (κ2) is 12.9. The molecule has 0 aliphatic heterocycles. The molecule has 0 aliphatic carbocycles. The predicted octanol–water partition coefficient (Wildman–Crippen LogP) is 8.74. The number of hydrogen-bond acceptors (Lipinski definition) is 4. The highest BCUT2D eigenvalue weighted by Gasteiger charge is 2.38. The van der Waals surface area contributed by atoms with E-state index in [1.165, 1.54) is 12.0 Å². The van der Waals surface area contributed by atoms with E-state index in [9.17, 15) is 0 Å². The summed E-state index contributed by atoms with van der Waals surface area (Å²) < 4.78 is 14.1. The van der Waals surface area contributed by atoms with Gasteiger partial charge in [-0.05, 0) is 52.8 Å². The van der Waals surface area contributed by atoms with Gasteiger partial charge in [-0.25, -0.2) is 9.97 Å². The summed E-state index contributed by atoms with van der Waals surface area (Å²) in [4.78, 5) is 9.48. The number of nitrogens with zero attached hydrogens (tertiary/aromatic N) is 3. The summed E-state index contributed by atoms with van der Waals surface area (Å²) in [6.45, 7) is 0.551. The minimum atomic E-state index is -0.639. The fourth-order valence-corrected chi connectivity index (χ4v) is 6.02. The van der Waals surface area contributed by atoms with E-state index in [4.69, 9.17) is 14.1 Å². The van der Waals surface area contributed by atoms with Gasteiger partial charge in [0.15, 0.2) is 12.2 Å². The maximum absolute atomic E-state index is 5.97. The molecule has 0 atom stereocenters. The molecule has 5 aromatic carbocycles. The monoisotopic (exact) mass is 587 g/mol. The van der Waals surface area contributed by atoms with Gasteiger partial charge in [-0.15, -0.1) is 0 Å². The van der Waals surface area contributed by atoms with Crippen molar-refractivity contribution in [2.75, 3.05) is 0 Å². The van der Waals surface area contributed by atoms with Crippen molar-refractivity contribution in [1.29, 1.82) is 0 Å². The molecule has 0 N–H and O–H groups in total. The molecule has 0 saturated heterocycles. The highest BCUT2D eigenvalue weighted by atomic mass is 16.5. The van der Waals surface area contributed by atoms with Crippen LogP contribution in [0.3, 0.4) is 0 Å². The third-order valence-corrected chi connectivity index (χ3v) is 8.24. The molecule has 0 fully saturated rings. The Bertz CT molecular complexity index is 1840. The number of oxazole rings is 1. The summed E-state index contributed by atoms with van der Waals surface area (Å²) in [5.41, 5.74) is 6.77. The number of rotatable bonds is 11. The van der Waals surface area contributed by atoms with Gasteiger partial charge in [0, 0.05) is 6.20 Å². The fourth-order valence-electron chi connectivity index (χ4n) is 6.02. The molecule has 0 unspecified atom stereocenters. The Labute approximate surface area is 263 Å². The van der Waals surface area contributed by atoms with Crippen molar-refractivity contribution in [1.82, 2.24) is 14.5 Å². The van der Waals surface area contributed by atoms with Gasteiger partial charge in [0.1, 0.15) is 23.6 Å². The third-order valence-electron chi connectivity index (χ3n) is 8.24. The standard InChI is InChI=1S/C40H33N3O2/c1-5-13-32(14-6-1)28-44-36-24-21-31(22-25-36)23-26-37-39(45-30-42-37)38-27-43(29-41-38)40(33-15-7-2-8-16-33,34-17-9-3-10-18-34)35-19-11-4-12-20-35/h1-22,24-25,27,29-30H,23,26,28H2. The molecular weight excluding hydrogens is 554 g/mol. The van der Waals surface area contributed by atoms with E-state index < -0.39 is 5.54 Å². The van der Waals surface area contributed by atoms with Gasteiger partial charge in [0.2, 0.25) is 0 Å². The maximum atomic E-state index is 5.97. The van der Waals surface area contributed by atoms with Crippen LogP contribution in [0.15, 0.2) is 169 Å². The van der Waals surface area contributed by atoms with E-state index in [-0.39, 0.29) is 0 Å². The van der Waals surface area contributed by atoms with Crippen molar-refractivity contribution in [3.63, 3.8) is 0 Å². The number of aryl methyl sites for hydroxylation is 2. The summed E-state index contributed by atoms with van der Waals surface area (Å²) in [6.07, 6.45) is 7.05. The van der Waals surface area contributed by atoms with E-state index in [2.05, 4.69) is 131 Å². The number of hydrogen-bond donors (Lipinski definition) is 0. The van der Waals surface area contributed by atoms with Crippen LogP contribution in [0.4, 0.5) is 0 Å². The number of benzene rings is 5. The molecule has 2 heterocycles. The molecule has 5 heteroatoms. The smallest absolute Gasteiger partial charge is 0.181 e. The summed E-state index contributed by atoms with van der Waals surface area (Å²) in [5, 5.41) is 0. The van der Waals surface area contributed by atoms with Gasteiger partial charge in [0.05, 0.1) is 12.0 Å². The lowest BCUT2D eigenvalue weighted by atomic mass is 9.77. The van der Waals surface area contributed by atoms with Gasteiger partial charge in [0.25, 0.3) is 0 Å². The van der Waals surface area contributed by atoms with Crippen molar-refractivity contribution in [2.24, 2.45) is 0 Å². The van der Waals surface area contributed by atoms with Gasteiger partial charge < -0.3 is 13.7 Å². The Hall–Kier alpha value is -5.68. The molecule has 0 aliphatic rings. The zero-order valence-corrected chi connectivity index (χ0v) is 24.9. The van der Waals surface area contributed by atoms with Crippen LogP contribution in [0.1, 0.15) is 33.5 Å². The van der Waals surface area contributed by atoms with Gasteiger partial charge in [-0.1, -0.05) is 133 Å². The first-order valence-corrected chi connectivity index (χ1v) is 15.2. The first-order chi connectivity index (χ1) is 22.3. The zero-order valence-electron chi connectivity index (χ0n) is 24.9. The number of aromatic nitrogens is 3. The second-order valence-electron chi connectivity index (χ2n) is 11.0. The van der Waals surface area contributed by atoms with E-state index in [0.717, 1.165) is 52.2 Å². The Morgan fingerprint density at radius 1 is 0.578 bits per heavy atom. The fraction of sp³-hybridized carbons (Fsp3) is 0.100. The summed E-state index contributed by atoms with van der Waals surface area (Å²) >= 11 is 0.